The third-order valence-electron chi connectivity index (χ3n) is 6.08. The molecule has 4 aromatic heterocycles. The van der Waals surface area contributed by atoms with Gasteiger partial charge in [0.2, 0.25) is 17.8 Å². The minimum Gasteiger partial charge on any atom is -0.394 e. The van der Waals surface area contributed by atoms with Gasteiger partial charge in [-0.2, -0.15) is 9.97 Å². The predicted molar refractivity (Wildman–Crippen MR) is 131 cm³/mol. The van der Waals surface area contributed by atoms with Gasteiger partial charge < -0.3 is 25.3 Å². The number of nitrogen functional groups attached to an aromatic ring is 1. The summed E-state index contributed by atoms with van der Waals surface area (Å²) in [7, 11) is 0. The van der Waals surface area contributed by atoms with Crippen LogP contribution in [0.15, 0.2) is 47.4 Å². The van der Waals surface area contributed by atoms with Crippen LogP contribution in [-0.4, -0.2) is 63.1 Å². The van der Waals surface area contributed by atoms with Gasteiger partial charge in [0, 0.05) is 29.3 Å². The molecule has 0 spiro atoms. The van der Waals surface area contributed by atoms with Gasteiger partial charge in [0.15, 0.2) is 16.8 Å². The Morgan fingerprint density at radius 1 is 1.25 bits per heavy atom. The highest BCUT2D eigenvalue weighted by atomic mass is 16.5. The second-order valence-corrected chi connectivity index (χ2v) is 8.37. The van der Waals surface area contributed by atoms with Gasteiger partial charge in [-0.05, 0) is 11.6 Å². The van der Waals surface area contributed by atoms with E-state index in [9.17, 15) is 15.0 Å². The molecule has 0 radical (unpaired) electrons. The molecule has 36 heavy (non-hydrogen) atoms. The van der Waals surface area contributed by atoms with E-state index in [2.05, 4.69) is 30.2 Å². The zero-order valence-corrected chi connectivity index (χ0v) is 18.7. The van der Waals surface area contributed by atoms with Crippen molar-refractivity contribution < 1.29 is 19.1 Å². The Kier molecular flexibility index (Phi) is 4.42. The molecule has 1 aliphatic heterocycles. The maximum Gasteiger partial charge on any atom is 0.280 e. The molecule has 5 aromatic rings. The monoisotopic (exact) mass is 492 g/mol. The summed E-state index contributed by atoms with van der Waals surface area (Å²) in [6.45, 7) is -3.11. The third-order valence-corrected chi connectivity index (χ3v) is 6.08. The Bertz CT molecular complexity index is 1750. The van der Waals surface area contributed by atoms with E-state index in [-0.39, 0.29) is 46.6 Å². The number of fused-ring (bicyclic) bond motifs is 2. The molecule has 0 aliphatic carbocycles. The summed E-state index contributed by atoms with van der Waals surface area (Å²) in [5.74, 6) is -0.334. The number of H-pyrrole nitrogens is 1. The molecule has 13 nitrogen and oxygen atoms in total. The van der Waals surface area contributed by atoms with Gasteiger partial charge in [0.05, 0.1) is 18.2 Å². The van der Waals surface area contributed by atoms with E-state index >= 15 is 0 Å². The van der Waals surface area contributed by atoms with Crippen LogP contribution in [0.3, 0.4) is 0 Å². The quantitative estimate of drug-likeness (QED) is 0.238. The normalized spacial score (nSPS) is 21.5. The first-order valence-corrected chi connectivity index (χ1v) is 11.1. The van der Waals surface area contributed by atoms with Crippen LogP contribution >= 0.6 is 0 Å². The van der Waals surface area contributed by atoms with Crippen LogP contribution in [-0.2, 0) is 11.7 Å². The largest absolute Gasteiger partial charge is 0.394 e. The van der Waals surface area contributed by atoms with Crippen molar-refractivity contribution in [2.75, 3.05) is 17.7 Å². The fourth-order valence-corrected chi connectivity index (χ4v) is 4.33. The zero-order valence-electron chi connectivity index (χ0n) is 21.7. The Morgan fingerprint density at radius 2 is 2.08 bits per heavy atom. The third kappa shape index (κ3) is 3.57. The number of hydrogen-bond acceptors (Lipinski definition) is 10. The molecule has 0 saturated carbocycles. The standard InChI is InChI=1S/C23H23N9O4/c1-31-13-7-12(11-5-3-2-4-6-11)9-25-18(13)27-22(31)30-23-26-17-19(28-21(24)29-20(17)35)32(23)16-8-14(34)15(10-33)36-16/h2-7,9,14-16,33-34H,8,10H2,1H3,(H3,24,28,29,35)(H,25,26,27,30)/i1D3. The number of aliphatic hydroxyl groups is 2. The van der Waals surface area contributed by atoms with Crippen molar-refractivity contribution in [2.24, 2.45) is 6.98 Å². The van der Waals surface area contributed by atoms with Crippen molar-refractivity contribution in [3.8, 4) is 11.1 Å². The van der Waals surface area contributed by atoms with Crippen LogP contribution in [0.4, 0.5) is 17.8 Å². The van der Waals surface area contributed by atoms with Crippen LogP contribution < -0.4 is 16.6 Å². The number of nitrogens with zero attached hydrogens (tertiary/aromatic N) is 6. The lowest BCUT2D eigenvalue weighted by molar-refractivity contribution is -0.0425. The number of nitrogens with one attached hydrogen (secondary N) is 2. The van der Waals surface area contributed by atoms with Crippen LogP contribution in [0.2, 0.25) is 0 Å². The highest BCUT2D eigenvalue weighted by molar-refractivity contribution is 5.82. The molecule has 184 valence electrons. The fraction of sp³-hybridized carbons (Fsp3) is 0.261. The van der Waals surface area contributed by atoms with Gasteiger partial charge in [0.25, 0.3) is 5.56 Å². The molecule has 3 atom stereocenters. The number of hydrogen-bond donors (Lipinski definition) is 5. The number of aliphatic hydroxyl groups excluding tert-OH is 2. The van der Waals surface area contributed by atoms with E-state index in [4.69, 9.17) is 14.6 Å². The number of ether oxygens (including phenoxy) is 1. The summed E-state index contributed by atoms with van der Waals surface area (Å²) in [6, 6.07) is 11.0. The second kappa shape index (κ2) is 8.41. The van der Waals surface area contributed by atoms with Gasteiger partial charge in [-0.15, -0.1) is 0 Å². The summed E-state index contributed by atoms with van der Waals surface area (Å²) >= 11 is 0. The lowest BCUT2D eigenvalue weighted by Crippen LogP contribution is -2.24. The molecule has 13 heteroatoms. The molecule has 1 fully saturated rings. The van der Waals surface area contributed by atoms with E-state index in [0.717, 1.165) is 10.1 Å². The first kappa shape index (κ1) is 18.9. The summed E-state index contributed by atoms with van der Waals surface area (Å²) in [4.78, 5) is 32.3. The molecule has 0 bridgehead atoms. The van der Waals surface area contributed by atoms with Gasteiger partial charge in [-0.1, -0.05) is 30.3 Å². The number of benzene rings is 1. The summed E-state index contributed by atoms with van der Waals surface area (Å²) < 4.78 is 32.8. The molecule has 6 N–H and O–H groups in total. The van der Waals surface area contributed by atoms with Crippen molar-refractivity contribution in [1.29, 1.82) is 0 Å². The van der Waals surface area contributed by atoms with Crippen LogP contribution in [0.1, 0.15) is 16.8 Å². The van der Waals surface area contributed by atoms with Crippen LogP contribution in [0, 0.1) is 0 Å². The lowest BCUT2D eigenvalue weighted by atomic mass is 10.1. The molecule has 0 amide bonds. The number of imidazole rings is 2. The summed E-state index contributed by atoms with van der Waals surface area (Å²) in [6.07, 6.45) is -1.16. The fourth-order valence-electron chi connectivity index (χ4n) is 4.33. The van der Waals surface area contributed by atoms with Crippen molar-refractivity contribution >= 4 is 40.2 Å². The number of aryl methyl sites for hydroxylation is 1. The van der Waals surface area contributed by atoms with Gasteiger partial charge >= 0.3 is 0 Å². The van der Waals surface area contributed by atoms with Crippen molar-refractivity contribution in [2.45, 2.75) is 24.9 Å². The summed E-state index contributed by atoms with van der Waals surface area (Å²) in [5, 5.41) is 22.8. The van der Waals surface area contributed by atoms with E-state index in [1.165, 1.54) is 4.57 Å². The topological polar surface area (TPSA) is 182 Å². The molecular formula is C23H23N9O4. The van der Waals surface area contributed by atoms with Crippen LogP contribution in [0.5, 0.6) is 0 Å². The minimum atomic E-state index is -2.67. The molecule has 6 rings (SSSR count). The Labute approximate surface area is 207 Å². The SMILES string of the molecule is [2H]C([2H])([2H])n1c(Nc2nc3c(=O)[nH]c(N)nc3n2C2CC(O)C(CO)O2)nc2ncc(-c3ccccc3)cc21. The highest BCUT2D eigenvalue weighted by Gasteiger charge is 2.37. The van der Waals surface area contributed by atoms with E-state index in [0.29, 0.717) is 5.56 Å². The Balaban J connectivity index is 1.52. The van der Waals surface area contributed by atoms with Crippen molar-refractivity contribution in [3.05, 3.63) is 52.9 Å². The van der Waals surface area contributed by atoms with Gasteiger partial charge in [-0.3, -0.25) is 19.7 Å². The van der Waals surface area contributed by atoms with Crippen molar-refractivity contribution in [1.82, 2.24) is 34.1 Å². The van der Waals surface area contributed by atoms with Crippen molar-refractivity contribution in [3.63, 3.8) is 0 Å². The number of rotatable bonds is 5. The van der Waals surface area contributed by atoms with Crippen LogP contribution in [0.25, 0.3) is 33.5 Å². The summed E-state index contributed by atoms with van der Waals surface area (Å²) in [5.41, 5.74) is 7.04. The lowest BCUT2D eigenvalue weighted by Gasteiger charge is -2.17. The zero-order chi connectivity index (χ0) is 27.5. The molecule has 1 saturated heterocycles. The maximum atomic E-state index is 12.6. The maximum absolute atomic E-state index is 12.6. The molecule has 3 unspecified atom stereocenters. The first-order chi connectivity index (χ1) is 18.6. The predicted octanol–water partition coefficient (Wildman–Crippen LogP) is 1.03. The highest BCUT2D eigenvalue weighted by Crippen LogP contribution is 2.34. The van der Waals surface area contributed by atoms with E-state index in [1.807, 2.05) is 30.3 Å². The Morgan fingerprint density at radius 3 is 2.83 bits per heavy atom. The molecule has 1 aromatic carbocycles. The molecule has 1 aliphatic rings. The number of aromatic amines is 1. The number of aromatic nitrogens is 7. The first-order valence-electron chi connectivity index (χ1n) is 12.6. The van der Waals surface area contributed by atoms with Gasteiger partial charge in [-0.25, -0.2) is 9.97 Å². The number of nitrogens with two attached hydrogens (primary N) is 1. The minimum absolute atomic E-state index is 0.0338. The number of pyridine rings is 1. The molecular weight excluding hydrogens is 466 g/mol. The van der Waals surface area contributed by atoms with Gasteiger partial charge in [0.1, 0.15) is 12.3 Å². The Hall–Kier alpha value is -4.33. The number of anilines is 3. The average Bonchev–Trinajstić information content (AvgIpc) is 3.56. The molecule has 5 heterocycles. The van der Waals surface area contributed by atoms with E-state index < -0.39 is 37.6 Å². The average molecular weight is 493 g/mol. The smallest absolute Gasteiger partial charge is 0.280 e. The second-order valence-electron chi connectivity index (χ2n) is 8.37. The van der Waals surface area contributed by atoms with E-state index in [1.54, 1.807) is 12.3 Å².